The SMILES string of the molecule is CN=C(NCCN(C)CCCOC)NCc1nccn1CC(C)C.I. The van der Waals surface area contributed by atoms with Gasteiger partial charge in [0.2, 0.25) is 0 Å². The van der Waals surface area contributed by atoms with Crippen LogP contribution in [0.4, 0.5) is 0 Å². The van der Waals surface area contributed by atoms with Gasteiger partial charge in [-0.1, -0.05) is 13.8 Å². The fourth-order valence-corrected chi connectivity index (χ4v) is 2.41. The van der Waals surface area contributed by atoms with E-state index in [0.717, 1.165) is 51.0 Å². The fourth-order valence-electron chi connectivity index (χ4n) is 2.41. The molecule has 0 atom stereocenters. The van der Waals surface area contributed by atoms with Crippen LogP contribution >= 0.6 is 24.0 Å². The molecule has 1 rings (SSSR count). The van der Waals surface area contributed by atoms with Crippen molar-refractivity contribution in [2.75, 3.05) is 47.4 Å². The number of rotatable bonds is 11. The highest BCUT2D eigenvalue weighted by molar-refractivity contribution is 14.0. The third-order valence-corrected chi connectivity index (χ3v) is 3.68. The molecule has 8 heteroatoms. The molecule has 1 heterocycles. The normalized spacial score (nSPS) is 11.7. The third kappa shape index (κ3) is 10.7. The molecule has 0 fully saturated rings. The summed E-state index contributed by atoms with van der Waals surface area (Å²) in [4.78, 5) is 11.0. The van der Waals surface area contributed by atoms with Crippen molar-refractivity contribution >= 4 is 29.9 Å². The number of nitrogens with one attached hydrogen (secondary N) is 2. The van der Waals surface area contributed by atoms with Gasteiger partial charge in [0.25, 0.3) is 0 Å². The molecule has 1 aromatic heterocycles. The van der Waals surface area contributed by atoms with Crippen LogP contribution in [-0.4, -0.2) is 67.9 Å². The molecule has 0 unspecified atom stereocenters. The van der Waals surface area contributed by atoms with Crippen molar-refractivity contribution in [2.24, 2.45) is 10.9 Å². The summed E-state index contributed by atoms with van der Waals surface area (Å²) >= 11 is 0. The molecule has 0 spiro atoms. The van der Waals surface area contributed by atoms with Gasteiger partial charge in [0.1, 0.15) is 5.82 Å². The molecule has 0 saturated heterocycles. The number of imidazole rings is 1. The first-order valence-corrected chi connectivity index (χ1v) is 8.68. The minimum atomic E-state index is 0. The lowest BCUT2D eigenvalue weighted by Crippen LogP contribution is -2.41. The quantitative estimate of drug-likeness (QED) is 0.225. The summed E-state index contributed by atoms with van der Waals surface area (Å²) in [5.74, 6) is 2.44. The Hall–Kier alpha value is -0.870. The van der Waals surface area contributed by atoms with E-state index in [9.17, 15) is 0 Å². The first-order valence-electron chi connectivity index (χ1n) is 8.68. The van der Waals surface area contributed by atoms with Crippen molar-refractivity contribution in [3.63, 3.8) is 0 Å². The number of aromatic nitrogens is 2. The van der Waals surface area contributed by atoms with Crippen molar-refractivity contribution < 1.29 is 4.74 Å². The van der Waals surface area contributed by atoms with Crippen LogP contribution in [-0.2, 0) is 17.8 Å². The van der Waals surface area contributed by atoms with Gasteiger partial charge < -0.3 is 24.8 Å². The summed E-state index contributed by atoms with van der Waals surface area (Å²) in [6.45, 7) is 9.73. The number of methoxy groups -OCH3 is 1. The maximum Gasteiger partial charge on any atom is 0.191 e. The molecule has 0 radical (unpaired) electrons. The number of hydrogen-bond donors (Lipinski definition) is 2. The summed E-state index contributed by atoms with van der Waals surface area (Å²) in [7, 11) is 5.65. The van der Waals surface area contributed by atoms with E-state index in [0.29, 0.717) is 12.5 Å². The maximum atomic E-state index is 5.07. The van der Waals surface area contributed by atoms with Crippen LogP contribution in [0.1, 0.15) is 26.1 Å². The highest BCUT2D eigenvalue weighted by Crippen LogP contribution is 2.03. The van der Waals surface area contributed by atoms with Crippen molar-refractivity contribution in [2.45, 2.75) is 33.4 Å². The Morgan fingerprint density at radius 1 is 1.36 bits per heavy atom. The van der Waals surface area contributed by atoms with Crippen LogP contribution in [0.3, 0.4) is 0 Å². The van der Waals surface area contributed by atoms with E-state index >= 15 is 0 Å². The van der Waals surface area contributed by atoms with E-state index in [-0.39, 0.29) is 24.0 Å². The van der Waals surface area contributed by atoms with Gasteiger partial charge in [0.05, 0.1) is 6.54 Å². The number of ether oxygens (including phenoxy) is 1. The van der Waals surface area contributed by atoms with Gasteiger partial charge in [-0.15, -0.1) is 24.0 Å². The van der Waals surface area contributed by atoms with Gasteiger partial charge in [-0.2, -0.15) is 0 Å². The van der Waals surface area contributed by atoms with Crippen LogP contribution in [0.2, 0.25) is 0 Å². The van der Waals surface area contributed by atoms with Crippen molar-refractivity contribution in [3.8, 4) is 0 Å². The second-order valence-electron chi connectivity index (χ2n) is 6.39. The van der Waals surface area contributed by atoms with Gasteiger partial charge in [-0.05, 0) is 19.4 Å². The molecule has 1 aromatic rings. The minimum Gasteiger partial charge on any atom is -0.385 e. The highest BCUT2D eigenvalue weighted by atomic mass is 127. The molecule has 0 saturated carbocycles. The van der Waals surface area contributed by atoms with Crippen LogP contribution < -0.4 is 10.6 Å². The predicted molar refractivity (Wildman–Crippen MR) is 115 cm³/mol. The lowest BCUT2D eigenvalue weighted by Gasteiger charge is -2.18. The fraction of sp³-hybridized carbons (Fsp3) is 0.765. The second kappa shape index (κ2) is 14.3. The number of halogens is 1. The Morgan fingerprint density at radius 2 is 2.12 bits per heavy atom. The lowest BCUT2D eigenvalue weighted by molar-refractivity contribution is 0.180. The largest absolute Gasteiger partial charge is 0.385 e. The summed E-state index contributed by atoms with van der Waals surface area (Å²) in [6.07, 6.45) is 4.94. The van der Waals surface area contributed by atoms with Crippen molar-refractivity contribution in [1.29, 1.82) is 0 Å². The third-order valence-electron chi connectivity index (χ3n) is 3.68. The van der Waals surface area contributed by atoms with E-state index in [2.05, 4.69) is 51.0 Å². The molecular formula is C17H35IN6O. The number of likely N-dealkylation sites (N-methyl/N-ethyl adjacent to an activating group) is 1. The topological polar surface area (TPSA) is 66.7 Å². The lowest BCUT2D eigenvalue weighted by atomic mass is 10.2. The van der Waals surface area contributed by atoms with E-state index in [4.69, 9.17) is 4.74 Å². The highest BCUT2D eigenvalue weighted by Gasteiger charge is 2.06. The first-order chi connectivity index (χ1) is 11.6. The molecule has 0 amide bonds. The van der Waals surface area contributed by atoms with Gasteiger partial charge >= 0.3 is 0 Å². The maximum absolute atomic E-state index is 5.07. The number of nitrogens with zero attached hydrogens (tertiary/aromatic N) is 4. The molecule has 25 heavy (non-hydrogen) atoms. The Morgan fingerprint density at radius 3 is 2.76 bits per heavy atom. The standard InChI is InChI=1S/C17H34N6O.HI/c1-15(2)14-23-11-8-19-16(23)13-21-17(18-3)20-7-10-22(4)9-6-12-24-5;/h8,11,15H,6-7,9-10,12-14H2,1-5H3,(H2,18,20,21);1H. The predicted octanol–water partition coefficient (Wildman–Crippen LogP) is 1.79. The molecule has 7 nitrogen and oxygen atoms in total. The van der Waals surface area contributed by atoms with Gasteiger partial charge in [-0.3, -0.25) is 4.99 Å². The summed E-state index contributed by atoms with van der Waals surface area (Å²) in [5, 5.41) is 6.67. The zero-order valence-electron chi connectivity index (χ0n) is 16.3. The second-order valence-corrected chi connectivity index (χ2v) is 6.39. The van der Waals surface area contributed by atoms with Crippen LogP contribution in [0.15, 0.2) is 17.4 Å². The molecule has 0 aliphatic carbocycles. The smallest absolute Gasteiger partial charge is 0.191 e. The Balaban J connectivity index is 0.00000576. The number of guanidine groups is 1. The van der Waals surface area contributed by atoms with Crippen LogP contribution in [0.25, 0.3) is 0 Å². The van der Waals surface area contributed by atoms with E-state index in [1.165, 1.54) is 0 Å². The first kappa shape index (κ1) is 24.1. The van der Waals surface area contributed by atoms with Crippen LogP contribution in [0, 0.1) is 5.92 Å². The zero-order chi connectivity index (χ0) is 17.8. The Labute approximate surface area is 169 Å². The minimum absolute atomic E-state index is 0. The van der Waals surface area contributed by atoms with E-state index in [1.807, 2.05) is 12.4 Å². The van der Waals surface area contributed by atoms with E-state index < -0.39 is 0 Å². The van der Waals surface area contributed by atoms with Gasteiger partial charge in [-0.25, -0.2) is 4.98 Å². The summed E-state index contributed by atoms with van der Waals surface area (Å²) < 4.78 is 7.26. The zero-order valence-corrected chi connectivity index (χ0v) is 18.6. The van der Waals surface area contributed by atoms with Crippen molar-refractivity contribution in [3.05, 3.63) is 18.2 Å². The van der Waals surface area contributed by atoms with E-state index in [1.54, 1.807) is 14.2 Å². The van der Waals surface area contributed by atoms with Gasteiger partial charge in [0.15, 0.2) is 5.96 Å². The Kier molecular flexibility index (Phi) is 13.8. The average molecular weight is 466 g/mol. The van der Waals surface area contributed by atoms with Crippen molar-refractivity contribution in [1.82, 2.24) is 25.1 Å². The summed E-state index contributed by atoms with van der Waals surface area (Å²) in [6, 6.07) is 0. The molecule has 2 N–H and O–H groups in total. The molecule has 146 valence electrons. The molecule has 0 aliphatic rings. The average Bonchev–Trinajstić information content (AvgIpc) is 2.97. The number of aliphatic imine (C=N–C) groups is 1. The monoisotopic (exact) mass is 466 g/mol. The molecule has 0 bridgehead atoms. The van der Waals surface area contributed by atoms with Gasteiger partial charge in [0, 0.05) is 59.3 Å². The molecular weight excluding hydrogens is 431 g/mol. The number of hydrogen-bond acceptors (Lipinski definition) is 4. The van der Waals surface area contributed by atoms with Crippen LogP contribution in [0.5, 0.6) is 0 Å². The summed E-state index contributed by atoms with van der Waals surface area (Å²) in [5.41, 5.74) is 0. The Bertz CT molecular complexity index is 477. The molecule has 0 aliphatic heterocycles. The molecule has 0 aromatic carbocycles.